The van der Waals surface area contributed by atoms with Crippen LogP contribution in [-0.4, -0.2) is 74.9 Å². The van der Waals surface area contributed by atoms with Crippen molar-refractivity contribution in [2.45, 2.75) is 38.3 Å². The summed E-state index contributed by atoms with van der Waals surface area (Å²) >= 11 is 2.13. The van der Waals surface area contributed by atoms with Crippen LogP contribution in [0.15, 0.2) is 49.2 Å². The van der Waals surface area contributed by atoms with Crippen molar-refractivity contribution < 1.29 is 9.18 Å². The van der Waals surface area contributed by atoms with Gasteiger partial charge in [-0.3, -0.25) is 17.8 Å². The van der Waals surface area contributed by atoms with Crippen LogP contribution in [0.3, 0.4) is 0 Å². The quantitative estimate of drug-likeness (QED) is 0.303. The van der Waals surface area contributed by atoms with Crippen LogP contribution in [-0.2, 0) is 11.3 Å². The highest BCUT2D eigenvalue weighted by Crippen LogP contribution is 2.38. The first-order chi connectivity index (χ1) is 18.9. The van der Waals surface area contributed by atoms with Crippen LogP contribution in [0.2, 0.25) is 0 Å². The van der Waals surface area contributed by atoms with Crippen LogP contribution >= 0.6 is 22.9 Å². The van der Waals surface area contributed by atoms with E-state index in [-0.39, 0.29) is 29.6 Å². The van der Waals surface area contributed by atoms with Gasteiger partial charge < -0.3 is 15.5 Å². The maximum Gasteiger partial charge on any atom is 0.225 e. The van der Waals surface area contributed by atoms with E-state index < -0.39 is 0 Å². The monoisotopic (exact) mass is 645 g/mol. The number of amides is 1. The summed E-state index contributed by atoms with van der Waals surface area (Å²) in [6.45, 7) is 3.99. The van der Waals surface area contributed by atoms with Crippen LogP contribution in [0.5, 0.6) is 0 Å². The van der Waals surface area contributed by atoms with E-state index in [1.165, 1.54) is 12.1 Å². The number of likely N-dealkylation sites (tertiary alicyclic amines) is 2. The molecule has 2 aliphatic rings. The molecule has 2 aliphatic heterocycles. The fourth-order valence-corrected chi connectivity index (χ4v) is 6.07. The first kappa shape index (κ1) is 27.4. The van der Waals surface area contributed by atoms with Crippen LogP contribution in [0.25, 0.3) is 0 Å². The zero-order valence-electron chi connectivity index (χ0n) is 22.0. The molecule has 2 aromatic heterocycles. The number of hydrogen-bond donors (Lipinski definition) is 1. The lowest BCUT2D eigenvalue weighted by atomic mass is 9.93. The number of carbonyl (C=O) groups is 1. The van der Waals surface area contributed by atoms with Crippen molar-refractivity contribution >= 4 is 51.9 Å². The molecule has 1 aromatic carbocycles. The molecule has 0 aliphatic carbocycles. The summed E-state index contributed by atoms with van der Waals surface area (Å²) in [4.78, 5) is 36.6. The van der Waals surface area contributed by atoms with Crippen molar-refractivity contribution in [1.82, 2.24) is 29.7 Å². The van der Waals surface area contributed by atoms with Gasteiger partial charge in [-0.2, -0.15) is 0 Å². The highest BCUT2D eigenvalue weighted by atomic mass is 127. The molecule has 10 nitrogen and oxygen atoms in total. The van der Waals surface area contributed by atoms with E-state index in [9.17, 15) is 9.18 Å². The Morgan fingerprint density at radius 1 is 1.03 bits per heavy atom. The largest absolute Gasteiger partial charge is 0.370 e. The van der Waals surface area contributed by atoms with Gasteiger partial charge in [-0.15, -0.1) is 0 Å². The van der Waals surface area contributed by atoms with Gasteiger partial charge in [0.15, 0.2) is 5.82 Å². The number of piperidine rings is 2. The fraction of sp³-hybridized carbons (Fsp3) is 0.444. The average Bonchev–Trinajstić information content (AvgIpc) is 2.98. The van der Waals surface area contributed by atoms with E-state index in [4.69, 9.17) is 5.73 Å². The molecule has 12 heteroatoms. The Kier molecular flexibility index (Phi) is 8.70. The summed E-state index contributed by atoms with van der Waals surface area (Å²) in [7, 11) is 2.04. The number of aromatic nitrogens is 4. The third-order valence-electron chi connectivity index (χ3n) is 7.67. The Labute approximate surface area is 241 Å². The zero-order valence-corrected chi connectivity index (χ0v) is 24.1. The number of carbonyl (C=O) groups excluding carboxylic acids is 1. The number of nitrogens with two attached hydrogens (primary N) is 1. The van der Waals surface area contributed by atoms with Crippen LogP contribution in [0, 0.1) is 11.7 Å². The van der Waals surface area contributed by atoms with Gasteiger partial charge >= 0.3 is 0 Å². The molecular weight excluding hydrogens is 612 g/mol. The third-order valence-corrected chi connectivity index (χ3v) is 8.69. The molecule has 0 radical (unpaired) electrons. The molecule has 2 saturated heterocycles. The average molecular weight is 646 g/mol. The molecule has 5 rings (SSSR count). The number of halogens is 2. The summed E-state index contributed by atoms with van der Waals surface area (Å²) < 4.78 is 16.1. The maximum atomic E-state index is 14.3. The number of anilines is 4. The summed E-state index contributed by atoms with van der Waals surface area (Å²) in [5, 5.41) is 0. The summed E-state index contributed by atoms with van der Waals surface area (Å²) in [5.41, 5.74) is 8.25. The molecule has 1 amide bonds. The summed E-state index contributed by atoms with van der Waals surface area (Å²) in [5.74, 6) is 0.953. The van der Waals surface area contributed by atoms with Crippen molar-refractivity contribution in [3.05, 3.63) is 60.6 Å². The van der Waals surface area contributed by atoms with Gasteiger partial charge in [0.2, 0.25) is 11.9 Å². The number of nitrogens with zero attached hydrogens (tertiary/aromatic N) is 8. The normalized spacial score (nSPS) is 17.3. The predicted octanol–water partition coefficient (Wildman–Crippen LogP) is 3.82. The van der Waals surface area contributed by atoms with Crippen molar-refractivity contribution in [3.8, 4) is 0 Å². The Balaban J connectivity index is 1.15. The first-order valence-corrected chi connectivity index (χ1v) is 14.2. The van der Waals surface area contributed by atoms with E-state index in [2.05, 4.69) is 52.6 Å². The third kappa shape index (κ3) is 6.55. The SMILES string of the molecule is CN(c1ccc(F)cc1N(I)c1cnccn1)C1CCN(C(=O)C2CCN(Cc3cnc(N)nc3)CC2)CC1. The number of rotatable bonds is 7. The topological polar surface area (TPSA) is 108 Å². The Hall–Kier alpha value is -3.13. The lowest BCUT2D eigenvalue weighted by Gasteiger charge is -2.41. The van der Waals surface area contributed by atoms with Gasteiger partial charge in [0.05, 0.1) is 40.4 Å². The van der Waals surface area contributed by atoms with Gasteiger partial charge in [0.25, 0.3) is 0 Å². The van der Waals surface area contributed by atoms with E-state index in [1.807, 2.05) is 21.1 Å². The standard InChI is InChI=1S/C27H33FIN9O/c1-35(23-3-2-21(28)14-24(23)38(29)25-17-31-8-9-32-25)22-6-12-37(13-7-22)26(39)20-4-10-36(11-5-20)18-19-15-33-27(30)34-16-19/h2-3,8-9,14-17,20,22H,4-7,10-13,18H2,1H3,(H2,30,33,34). The van der Waals surface area contributed by atoms with Gasteiger partial charge in [0.1, 0.15) is 5.82 Å². The second-order valence-electron chi connectivity index (χ2n) is 10.1. The van der Waals surface area contributed by atoms with Crippen LogP contribution in [0.1, 0.15) is 31.2 Å². The lowest BCUT2D eigenvalue weighted by Crippen LogP contribution is -2.49. The second-order valence-corrected chi connectivity index (χ2v) is 11.1. The molecule has 0 atom stereocenters. The van der Waals surface area contributed by atoms with E-state index in [0.717, 1.165) is 75.3 Å². The summed E-state index contributed by atoms with van der Waals surface area (Å²) in [6, 6.07) is 5.07. The van der Waals surface area contributed by atoms with Crippen molar-refractivity contribution in [3.63, 3.8) is 0 Å². The lowest BCUT2D eigenvalue weighted by molar-refractivity contribution is -0.138. The molecule has 3 aromatic rings. The van der Waals surface area contributed by atoms with Gasteiger partial charge in [-0.25, -0.2) is 19.3 Å². The smallest absolute Gasteiger partial charge is 0.225 e. The predicted molar refractivity (Wildman–Crippen MR) is 157 cm³/mol. The van der Waals surface area contributed by atoms with Crippen molar-refractivity contribution in [2.24, 2.45) is 5.92 Å². The second kappa shape index (κ2) is 12.4. The zero-order chi connectivity index (χ0) is 27.4. The minimum atomic E-state index is -0.305. The number of hydrogen-bond acceptors (Lipinski definition) is 9. The molecule has 0 bridgehead atoms. The molecular formula is C27H33FIN9O. The van der Waals surface area contributed by atoms with Gasteiger partial charge in [0, 0.05) is 75.1 Å². The molecule has 0 spiro atoms. The molecule has 39 heavy (non-hydrogen) atoms. The first-order valence-electron chi connectivity index (χ1n) is 13.2. The summed E-state index contributed by atoms with van der Waals surface area (Å²) in [6.07, 6.45) is 11.9. The minimum Gasteiger partial charge on any atom is -0.370 e. The highest BCUT2D eigenvalue weighted by Gasteiger charge is 2.32. The van der Waals surface area contributed by atoms with Crippen LogP contribution < -0.4 is 13.7 Å². The van der Waals surface area contributed by atoms with Crippen molar-refractivity contribution in [2.75, 3.05) is 47.0 Å². The Morgan fingerprint density at radius 3 is 2.41 bits per heavy atom. The Bertz CT molecular complexity index is 1250. The van der Waals surface area contributed by atoms with Gasteiger partial charge in [-0.1, -0.05) is 0 Å². The molecule has 0 unspecified atom stereocenters. The minimum absolute atomic E-state index is 0.0708. The number of benzene rings is 1. The van der Waals surface area contributed by atoms with Crippen LogP contribution in [0.4, 0.5) is 27.5 Å². The molecule has 0 saturated carbocycles. The Morgan fingerprint density at radius 2 is 1.74 bits per heavy atom. The maximum absolute atomic E-state index is 14.3. The molecule has 4 heterocycles. The fourth-order valence-electron chi connectivity index (χ4n) is 5.44. The van der Waals surface area contributed by atoms with E-state index in [1.54, 1.807) is 31.0 Å². The van der Waals surface area contributed by atoms with E-state index >= 15 is 0 Å². The molecule has 206 valence electrons. The van der Waals surface area contributed by atoms with Gasteiger partial charge in [-0.05, 0) is 50.9 Å². The molecule has 2 fully saturated rings. The number of nitrogen functional groups attached to an aromatic ring is 1. The highest BCUT2D eigenvalue weighted by molar-refractivity contribution is 14.1. The van der Waals surface area contributed by atoms with Crippen molar-refractivity contribution in [1.29, 1.82) is 0 Å². The van der Waals surface area contributed by atoms with E-state index in [0.29, 0.717) is 5.82 Å². The molecule has 2 N–H and O–H groups in total.